The van der Waals surface area contributed by atoms with Crippen molar-refractivity contribution < 1.29 is 4.79 Å². The van der Waals surface area contributed by atoms with Crippen LogP contribution in [0.3, 0.4) is 0 Å². The molecule has 4 heteroatoms. The summed E-state index contributed by atoms with van der Waals surface area (Å²) in [6.45, 7) is 4.45. The first-order valence-corrected chi connectivity index (χ1v) is 8.61. The van der Waals surface area contributed by atoms with Crippen molar-refractivity contribution in [3.8, 4) is 0 Å². The summed E-state index contributed by atoms with van der Waals surface area (Å²) in [5.74, 6) is 0.240. The normalized spacial score (nSPS) is 15.2. The maximum absolute atomic E-state index is 12.6. The van der Waals surface area contributed by atoms with Gasteiger partial charge in [0.15, 0.2) is 0 Å². The van der Waals surface area contributed by atoms with Gasteiger partial charge in [0.25, 0.3) is 0 Å². The number of hydrogen-bond acceptors (Lipinski definition) is 3. The van der Waals surface area contributed by atoms with Gasteiger partial charge in [0.1, 0.15) is 0 Å². The Kier molecular flexibility index (Phi) is 5.26. The van der Waals surface area contributed by atoms with Crippen molar-refractivity contribution in [1.29, 1.82) is 0 Å². The van der Waals surface area contributed by atoms with Crippen LogP contribution in [0.4, 0.5) is 0 Å². The van der Waals surface area contributed by atoms with Gasteiger partial charge >= 0.3 is 0 Å². The molecule has 1 aliphatic rings. The predicted molar refractivity (Wildman–Crippen MR) is 95.5 cm³/mol. The van der Waals surface area contributed by atoms with Gasteiger partial charge < -0.3 is 4.90 Å². The van der Waals surface area contributed by atoms with E-state index in [1.54, 1.807) is 0 Å². The molecule has 0 saturated carbocycles. The minimum absolute atomic E-state index is 0.209. The molecule has 0 aliphatic carbocycles. The highest BCUT2D eigenvalue weighted by molar-refractivity contribution is 5.76. The molecule has 2 aromatic rings. The van der Waals surface area contributed by atoms with Crippen molar-refractivity contribution in [3.63, 3.8) is 0 Å². The van der Waals surface area contributed by atoms with E-state index < -0.39 is 0 Å². The number of pyridine rings is 1. The third-order valence-corrected chi connectivity index (χ3v) is 4.94. The molecule has 1 amide bonds. The number of carbonyl (C=O) groups excluding carboxylic acids is 1. The highest BCUT2D eigenvalue weighted by Gasteiger charge is 2.21. The van der Waals surface area contributed by atoms with E-state index in [0.29, 0.717) is 6.42 Å². The number of hydrogen-bond donors (Lipinski definition) is 0. The monoisotopic (exact) mass is 323 g/mol. The van der Waals surface area contributed by atoms with Gasteiger partial charge in [0.2, 0.25) is 5.91 Å². The van der Waals surface area contributed by atoms with Crippen LogP contribution in [0.2, 0.25) is 0 Å². The van der Waals surface area contributed by atoms with Crippen molar-refractivity contribution in [3.05, 3.63) is 65.5 Å². The molecule has 0 radical (unpaired) electrons. The summed E-state index contributed by atoms with van der Waals surface area (Å²) >= 11 is 0. The molecule has 0 N–H and O–H groups in total. The highest BCUT2D eigenvalue weighted by Crippen LogP contribution is 2.20. The van der Waals surface area contributed by atoms with Crippen molar-refractivity contribution in [2.75, 3.05) is 20.1 Å². The number of aromatic nitrogens is 1. The Balaban J connectivity index is 1.53. The molecule has 0 bridgehead atoms. The van der Waals surface area contributed by atoms with Crippen LogP contribution >= 0.6 is 0 Å². The smallest absolute Gasteiger partial charge is 0.224 e. The maximum atomic E-state index is 12.6. The number of carbonyl (C=O) groups is 1. The van der Waals surface area contributed by atoms with E-state index in [2.05, 4.69) is 48.1 Å². The summed E-state index contributed by atoms with van der Waals surface area (Å²) in [5.41, 5.74) is 3.70. The van der Waals surface area contributed by atoms with Crippen LogP contribution in [-0.2, 0) is 17.8 Å². The summed E-state index contributed by atoms with van der Waals surface area (Å²) in [5, 5.41) is 0. The van der Waals surface area contributed by atoms with E-state index >= 15 is 0 Å². The molecule has 1 aromatic heterocycles. The van der Waals surface area contributed by atoms with E-state index in [0.717, 1.165) is 31.7 Å². The van der Waals surface area contributed by atoms with Crippen LogP contribution in [0.15, 0.2) is 48.7 Å². The first-order valence-electron chi connectivity index (χ1n) is 8.61. The predicted octanol–water partition coefficient (Wildman–Crippen LogP) is 3.05. The second-order valence-electron chi connectivity index (χ2n) is 6.50. The van der Waals surface area contributed by atoms with Gasteiger partial charge in [-0.15, -0.1) is 0 Å². The standard InChI is InChI=1S/C20H25N3O/c1-16(19-9-5-6-12-21-19)22(2)13-11-20(24)23-14-10-17-7-3-4-8-18(17)15-23/h3-9,12,16H,10-11,13-15H2,1-2H3. The van der Waals surface area contributed by atoms with Crippen LogP contribution in [0, 0.1) is 0 Å². The van der Waals surface area contributed by atoms with Crippen molar-refractivity contribution in [2.24, 2.45) is 0 Å². The van der Waals surface area contributed by atoms with Gasteiger partial charge in [-0.2, -0.15) is 0 Å². The van der Waals surface area contributed by atoms with Crippen molar-refractivity contribution in [1.82, 2.24) is 14.8 Å². The van der Waals surface area contributed by atoms with Crippen LogP contribution in [0.5, 0.6) is 0 Å². The summed E-state index contributed by atoms with van der Waals surface area (Å²) in [6.07, 6.45) is 3.33. The van der Waals surface area contributed by atoms with Crippen LogP contribution in [-0.4, -0.2) is 40.8 Å². The quantitative estimate of drug-likeness (QED) is 0.848. The van der Waals surface area contributed by atoms with Crippen molar-refractivity contribution >= 4 is 5.91 Å². The molecule has 0 saturated heterocycles. The fraction of sp³-hybridized carbons (Fsp3) is 0.400. The Morgan fingerprint density at radius 2 is 1.96 bits per heavy atom. The number of benzene rings is 1. The van der Waals surface area contributed by atoms with Gasteiger partial charge in [0, 0.05) is 38.3 Å². The SMILES string of the molecule is CC(c1ccccn1)N(C)CCC(=O)N1CCc2ccccc2C1. The lowest BCUT2D eigenvalue weighted by Crippen LogP contribution is -2.37. The first-order chi connectivity index (χ1) is 11.6. The average molecular weight is 323 g/mol. The van der Waals surface area contributed by atoms with E-state index in [-0.39, 0.29) is 11.9 Å². The van der Waals surface area contributed by atoms with Crippen LogP contribution in [0.25, 0.3) is 0 Å². The largest absolute Gasteiger partial charge is 0.338 e. The van der Waals surface area contributed by atoms with Gasteiger partial charge in [-0.3, -0.25) is 14.7 Å². The Morgan fingerprint density at radius 3 is 2.71 bits per heavy atom. The van der Waals surface area contributed by atoms with Gasteiger partial charge in [-0.25, -0.2) is 0 Å². The van der Waals surface area contributed by atoms with Gasteiger partial charge in [0.05, 0.1) is 5.69 Å². The third-order valence-electron chi connectivity index (χ3n) is 4.94. The summed E-state index contributed by atoms with van der Waals surface area (Å²) in [4.78, 5) is 21.1. The molecule has 1 unspecified atom stereocenters. The summed E-state index contributed by atoms with van der Waals surface area (Å²) in [6, 6.07) is 14.6. The highest BCUT2D eigenvalue weighted by atomic mass is 16.2. The van der Waals surface area contributed by atoms with E-state index in [1.165, 1.54) is 11.1 Å². The minimum atomic E-state index is 0.209. The average Bonchev–Trinajstić information content (AvgIpc) is 2.65. The molecule has 3 rings (SSSR count). The molecule has 0 fully saturated rings. The lowest BCUT2D eigenvalue weighted by Gasteiger charge is -2.30. The molecule has 2 heterocycles. The number of amides is 1. The molecular formula is C20H25N3O. The molecule has 1 aromatic carbocycles. The summed E-state index contributed by atoms with van der Waals surface area (Å²) in [7, 11) is 2.05. The molecule has 24 heavy (non-hydrogen) atoms. The molecule has 0 spiro atoms. The zero-order valence-electron chi connectivity index (χ0n) is 14.5. The Bertz CT molecular complexity index is 686. The fourth-order valence-corrected chi connectivity index (χ4v) is 3.18. The van der Waals surface area contributed by atoms with E-state index in [1.807, 2.05) is 29.3 Å². The second-order valence-corrected chi connectivity index (χ2v) is 6.50. The van der Waals surface area contributed by atoms with Crippen molar-refractivity contribution in [2.45, 2.75) is 32.4 Å². The zero-order valence-corrected chi connectivity index (χ0v) is 14.5. The topological polar surface area (TPSA) is 36.4 Å². The molecule has 4 nitrogen and oxygen atoms in total. The molecule has 126 valence electrons. The third kappa shape index (κ3) is 3.82. The number of nitrogens with zero attached hydrogens (tertiary/aromatic N) is 3. The van der Waals surface area contributed by atoms with Gasteiger partial charge in [-0.05, 0) is 43.7 Å². The fourth-order valence-electron chi connectivity index (χ4n) is 3.18. The number of fused-ring (bicyclic) bond motifs is 1. The Hall–Kier alpha value is -2.20. The van der Waals surface area contributed by atoms with Crippen LogP contribution < -0.4 is 0 Å². The van der Waals surface area contributed by atoms with Crippen LogP contribution in [0.1, 0.15) is 36.2 Å². The lowest BCUT2D eigenvalue weighted by molar-refractivity contribution is -0.132. The molecule has 1 aliphatic heterocycles. The zero-order chi connectivity index (χ0) is 16.9. The van der Waals surface area contributed by atoms with Gasteiger partial charge in [-0.1, -0.05) is 30.3 Å². The number of rotatable bonds is 5. The second kappa shape index (κ2) is 7.58. The Morgan fingerprint density at radius 1 is 1.21 bits per heavy atom. The minimum Gasteiger partial charge on any atom is -0.338 e. The summed E-state index contributed by atoms with van der Waals surface area (Å²) < 4.78 is 0. The first kappa shape index (κ1) is 16.7. The van der Waals surface area contributed by atoms with E-state index in [4.69, 9.17) is 0 Å². The maximum Gasteiger partial charge on any atom is 0.224 e. The Labute approximate surface area is 144 Å². The van der Waals surface area contributed by atoms with E-state index in [9.17, 15) is 4.79 Å². The lowest BCUT2D eigenvalue weighted by atomic mass is 10.00. The molecular weight excluding hydrogens is 298 g/mol. The molecule has 1 atom stereocenters.